The van der Waals surface area contributed by atoms with Crippen LogP contribution >= 0.6 is 11.6 Å². The van der Waals surface area contributed by atoms with Gasteiger partial charge in [0.25, 0.3) is 0 Å². The van der Waals surface area contributed by atoms with E-state index in [0.717, 1.165) is 35.8 Å². The van der Waals surface area contributed by atoms with Gasteiger partial charge in [0, 0.05) is 24.5 Å². The van der Waals surface area contributed by atoms with Crippen LogP contribution in [0.2, 0.25) is 5.02 Å². The summed E-state index contributed by atoms with van der Waals surface area (Å²) < 4.78 is 11.1. The molecule has 1 aliphatic heterocycles. The van der Waals surface area contributed by atoms with E-state index in [1.165, 1.54) is 0 Å². The van der Waals surface area contributed by atoms with Gasteiger partial charge in [-0.2, -0.15) is 0 Å². The minimum absolute atomic E-state index is 0.0420. The van der Waals surface area contributed by atoms with E-state index in [4.69, 9.17) is 21.1 Å². The predicted octanol–water partition coefficient (Wildman–Crippen LogP) is 4.28. The summed E-state index contributed by atoms with van der Waals surface area (Å²) in [5.74, 6) is 0.791. The predicted molar refractivity (Wildman–Crippen MR) is 109 cm³/mol. The van der Waals surface area contributed by atoms with Crippen molar-refractivity contribution in [3.05, 3.63) is 53.1 Å². The maximum absolute atomic E-state index is 12.4. The molecule has 5 nitrogen and oxygen atoms in total. The molecule has 1 heterocycles. The van der Waals surface area contributed by atoms with Gasteiger partial charge in [-0.1, -0.05) is 23.7 Å². The summed E-state index contributed by atoms with van der Waals surface area (Å²) in [6.45, 7) is 5.50. The highest BCUT2D eigenvalue weighted by Gasteiger charge is 2.16. The lowest BCUT2D eigenvalue weighted by molar-refractivity contribution is -0.116. The number of morpholine rings is 1. The van der Waals surface area contributed by atoms with Gasteiger partial charge in [0.15, 0.2) is 0 Å². The minimum Gasteiger partial charge on any atom is -0.494 e. The third-order valence-corrected chi connectivity index (χ3v) is 4.63. The van der Waals surface area contributed by atoms with Crippen molar-refractivity contribution >= 4 is 28.9 Å². The maximum atomic E-state index is 12.4. The van der Waals surface area contributed by atoms with Crippen molar-refractivity contribution in [1.29, 1.82) is 0 Å². The molecule has 2 aromatic carbocycles. The van der Waals surface area contributed by atoms with Crippen LogP contribution in [0.1, 0.15) is 18.4 Å². The lowest BCUT2D eigenvalue weighted by Gasteiger charge is -2.30. The second kappa shape index (κ2) is 9.62. The molecule has 0 radical (unpaired) electrons. The molecule has 0 aliphatic carbocycles. The molecule has 0 saturated carbocycles. The number of amides is 1. The number of rotatable bonds is 7. The van der Waals surface area contributed by atoms with Crippen LogP contribution < -0.4 is 15.0 Å². The second-order valence-corrected chi connectivity index (χ2v) is 7.01. The maximum Gasteiger partial charge on any atom is 0.224 e. The summed E-state index contributed by atoms with van der Waals surface area (Å²) in [6.07, 6.45) is 1.04. The molecule has 27 heavy (non-hydrogen) atoms. The number of anilines is 2. The van der Waals surface area contributed by atoms with Gasteiger partial charge < -0.3 is 19.7 Å². The normalized spacial score (nSPS) is 14.1. The number of nitrogens with zero attached hydrogens (tertiary/aromatic N) is 1. The van der Waals surface area contributed by atoms with Crippen molar-refractivity contribution in [3.63, 3.8) is 0 Å². The molecule has 1 amide bonds. The zero-order valence-electron chi connectivity index (χ0n) is 15.5. The first-order chi connectivity index (χ1) is 13.1. The van der Waals surface area contributed by atoms with Crippen LogP contribution in [0.15, 0.2) is 42.5 Å². The van der Waals surface area contributed by atoms with Gasteiger partial charge in [-0.05, 0) is 49.2 Å². The van der Waals surface area contributed by atoms with Gasteiger partial charge in [-0.3, -0.25) is 4.79 Å². The van der Waals surface area contributed by atoms with E-state index >= 15 is 0 Å². The van der Waals surface area contributed by atoms with E-state index in [2.05, 4.69) is 10.2 Å². The molecule has 1 saturated heterocycles. The van der Waals surface area contributed by atoms with E-state index in [-0.39, 0.29) is 5.91 Å². The lowest BCUT2D eigenvalue weighted by atomic mass is 10.2. The van der Waals surface area contributed by atoms with Crippen LogP contribution in [0.25, 0.3) is 0 Å². The fourth-order valence-corrected chi connectivity index (χ4v) is 3.20. The Hall–Kier alpha value is -2.24. The summed E-state index contributed by atoms with van der Waals surface area (Å²) in [6, 6.07) is 13.5. The first-order valence-corrected chi connectivity index (χ1v) is 9.61. The number of carbonyl (C=O) groups is 1. The fraction of sp³-hybridized carbons (Fsp3) is 0.381. The average Bonchev–Trinajstić information content (AvgIpc) is 2.66. The third-order valence-electron chi connectivity index (χ3n) is 4.39. The molecule has 0 unspecified atom stereocenters. The van der Waals surface area contributed by atoms with Gasteiger partial charge in [-0.25, -0.2) is 0 Å². The van der Waals surface area contributed by atoms with E-state index in [0.29, 0.717) is 37.7 Å². The Morgan fingerprint density at radius 3 is 2.81 bits per heavy atom. The number of carbonyl (C=O) groups excluding carboxylic acids is 1. The molecule has 2 aromatic rings. The van der Waals surface area contributed by atoms with Crippen molar-refractivity contribution in [2.24, 2.45) is 0 Å². The lowest BCUT2D eigenvalue weighted by Crippen LogP contribution is -2.36. The fourth-order valence-electron chi connectivity index (χ4n) is 3.03. The number of aryl methyl sites for hydroxylation is 1. The van der Waals surface area contributed by atoms with Crippen molar-refractivity contribution in [1.82, 2.24) is 0 Å². The number of halogens is 1. The molecule has 0 bridgehead atoms. The zero-order valence-corrected chi connectivity index (χ0v) is 16.3. The smallest absolute Gasteiger partial charge is 0.224 e. The minimum atomic E-state index is -0.0420. The SMILES string of the molecule is Cc1cccc(OCCCC(=O)Nc2cc(Cl)ccc2N2CCOCC2)c1. The molecule has 1 aliphatic rings. The first kappa shape index (κ1) is 19.5. The molecule has 1 N–H and O–H groups in total. The summed E-state index contributed by atoms with van der Waals surface area (Å²) in [4.78, 5) is 14.6. The topological polar surface area (TPSA) is 50.8 Å². The molecule has 3 rings (SSSR count). The van der Waals surface area contributed by atoms with E-state index in [1.54, 1.807) is 6.07 Å². The highest BCUT2D eigenvalue weighted by molar-refractivity contribution is 6.31. The zero-order chi connectivity index (χ0) is 19.1. The standard InChI is InChI=1S/C21H25ClN2O3/c1-16-4-2-5-18(14-16)27-11-3-6-21(25)23-19-15-17(22)7-8-20(19)24-9-12-26-13-10-24/h2,4-5,7-8,14-15H,3,6,9-13H2,1H3,(H,23,25). The van der Waals surface area contributed by atoms with Crippen molar-refractivity contribution in [2.45, 2.75) is 19.8 Å². The monoisotopic (exact) mass is 388 g/mol. The number of benzene rings is 2. The third kappa shape index (κ3) is 5.88. The second-order valence-electron chi connectivity index (χ2n) is 6.58. The van der Waals surface area contributed by atoms with Crippen LogP contribution in [-0.2, 0) is 9.53 Å². The van der Waals surface area contributed by atoms with Crippen LogP contribution in [0.5, 0.6) is 5.75 Å². The van der Waals surface area contributed by atoms with Crippen LogP contribution in [-0.4, -0.2) is 38.8 Å². The highest BCUT2D eigenvalue weighted by Crippen LogP contribution is 2.30. The number of nitrogens with one attached hydrogen (secondary N) is 1. The van der Waals surface area contributed by atoms with Gasteiger partial charge in [0.2, 0.25) is 5.91 Å². The molecule has 0 atom stereocenters. The van der Waals surface area contributed by atoms with E-state index in [9.17, 15) is 4.79 Å². The van der Waals surface area contributed by atoms with E-state index < -0.39 is 0 Å². The van der Waals surface area contributed by atoms with Gasteiger partial charge in [-0.15, -0.1) is 0 Å². The Morgan fingerprint density at radius 2 is 2.04 bits per heavy atom. The first-order valence-electron chi connectivity index (χ1n) is 9.23. The number of ether oxygens (including phenoxy) is 2. The van der Waals surface area contributed by atoms with Crippen molar-refractivity contribution in [2.75, 3.05) is 43.1 Å². The Morgan fingerprint density at radius 1 is 1.22 bits per heavy atom. The Labute approximate surface area is 165 Å². The average molecular weight is 389 g/mol. The van der Waals surface area contributed by atoms with Gasteiger partial charge >= 0.3 is 0 Å². The summed E-state index contributed by atoms with van der Waals surface area (Å²) in [5.41, 5.74) is 2.88. The highest BCUT2D eigenvalue weighted by atomic mass is 35.5. The molecular formula is C21H25ClN2O3. The molecule has 1 fully saturated rings. The van der Waals surface area contributed by atoms with Crippen molar-refractivity contribution < 1.29 is 14.3 Å². The Bertz CT molecular complexity index is 776. The van der Waals surface area contributed by atoms with Crippen LogP contribution in [0.3, 0.4) is 0 Å². The Kier molecular flexibility index (Phi) is 6.96. The number of hydrogen-bond donors (Lipinski definition) is 1. The largest absolute Gasteiger partial charge is 0.494 e. The summed E-state index contributed by atoms with van der Waals surface area (Å²) in [5, 5.41) is 3.60. The van der Waals surface area contributed by atoms with Gasteiger partial charge in [0.05, 0.1) is 31.2 Å². The summed E-state index contributed by atoms with van der Waals surface area (Å²) >= 11 is 6.13. The van der Waals surface area contributed by atoms with Gasteiger partial charge in [0.1, 0.15) is 5.75 Å². The van der Waals surface area contributed by atoms with Crippen LogP contribution in [0.4, 0.5) is 11.4 Å². The molecule has 6 heteroatoms. The molecule has 0 aromatic heterocycles. The quantitative estimate of drug-likeness (QED) is 0.719. The van der Waals surface area contributed by atoms with E-state index in [1.807, 2.05) is 43.3 Å². The Balaban J connectivity index is 1.52. The molecule has 144 valence electrons. The molecule has 0 spiro atoms. The number of hydrogen-bond acceptors (Lipinski definition) is 4. The van der Waals surface area contributed by atoms with Crippen molar-refractivity contribution in [3.8, 4) is 5.75 Å². The van der Waals surface area contributed by atoms with Crippen LogP contribution in [0, 0.1) is 6.92 Å². The molecular weight excluding hydrogens is 364 g/mol. The summed E-state index contributed by atoms with van der Waals surface area (Å²) in [7, 11) is 0.